The van der Waals surface area contributed by atoms with E-state index in [1.165, 1.54) is 4.68 Å². The van der Waals surface area contributed by atoms with Crippen molar-refractivity contribution in [2.75, 3.05) is 6.54 Å². The first-order valence-corrected chi connectivity index (χ1v) is 6.62. The van der Waals surface area contributed by atoms with Crippen LogP contribution in [0.1, 0.15) is 31.1 Å². The van der Waals surface area contributed by atoms with Crippen molar-refractivity contribution in [2.24, 2.45) is 5.73 Å². The number of nitrogens with two attached hydrogens (primary N) is 1. The molecule has 1 aromatic rings. The van der Waals surface area contributed by atoms with Gasteiger partial charge in [-0.1, -0.05) is 18.8 Å². The largest absolute Gasteiger partial charge is 0.451 e. The fourth-order valence-corrected chi connectivity index (χ4v) is 1.75. The first-order valence-electron chi connectivity index (χ1n) is 6.62. The van der Waals surface area contributed by atoms with Gasteiger partial charge >= 0.3 is 7.12 Å². The van der Waals surface area contributed by atoms with Crippen molar-refractivity contribution in [3.63, 3.8) is 0 Å². The van der Waals surface area contributed by atoms with E-state index in [0.29, 0.717) is 31.4 Å². The Labute approximate surface area is 135 Å². The summed E-state index contributed by atoms with van der Waals surface area (Å²) in [6.07, 6.45) is 7.27. The molecule has 122 valence electrons. The van der Waals surface area contributed by atoms with Crippen LogP contribution >= 0.6 is 12.4 Å². The van der Waals surface area contributed by atoms with Crippen molar-refractivity contribution >= 4 is 25.4 Å². The molecule has 0 bridgehead atoms. The number of aromatic nitrogens is 4. The summed E-state index contributed by atoms with van der Waals surface area (Å²) in [6, 6.07) is -0.420. The highest BCUT2D eigenvalue weighted by Crippen LogP contribution is 2.14. The monoisotopic (exact) mass is 330 g/mol. The molecule has 0 saturated heterocycles. The van der Waals surface area contributed by atoms with Crippen LogP contribution in [0.3, 0.4) is 0 Å². The molecule has 1 heterocycles. The van der Waals surface area contributed by atoms with Gasteiger partial charge in [0.05, 0.1) is 12.6 Å². The van der Waals surface area contributed by atoms with Crippen molar-refractivity contribution in [3.8, 4) is 12.3 Å². The second kappa shape index (κ2) is 11.0. The van der Waals surface area contributed by atoms with E-state index in [2.05, 4.69) is 26.8 Å². The van der Waals surface area contributed by atoms with Gasteiger partial charge in [0.1, 0.15) is 6.54 Å². The summed E-state index contributed by atoms with van der Waals surface area (Å²) < 4.78 is 1.33. The summed E-state index contributed by atoms with van der Waals surface area (Å²) in [7, 11) is -1.30. The average molecular weight is 331 g/mol. The highest BCUT2D eigenvalue weighted by Gasteiger charge is 2.17. The van der Waals surface area contributed by atoms with Crippen LogP contribution in [-0.2, 0) is 11.3 Å². The molecule has 0 aliphatic rings. The molecular formula is C11H20BClN6O3. The minimum atomic E-state index is -1.30. The van der Waals surface area contributed by atoms with Crippen LogP contribution in [0.2, 0.25) is 6.32 Å². The second-order valence-electron chi connectivity index (χ2n) is 4.55. The minimum Gasteiger partial charge on any atom is -0.427 e. The number of rotatable bonds is 9. The molecule has 5 N–H and O–H groups in total. The molecule has 0 spiro atoms. The Balaban J connectivity index is 0.00000441. The van der Waals surface area contributed by atoms with Gasteiger partial charge in [-0.15, -0.1) is 23.9 Å². The quantitative estimate of drug-likeness (QED) is 0.245. The molecule has 0 aliphatic carbocycles. The van der Waals surface area contributed by atoms with Crippen molar-refractivity contribution in [1.82, 2.24) is 25.5 Å². The van der Waals surface area contributed by atoms with Gasteiger partial charge in [-0.25, -0.2) is 4.68 Å². The summed E-state index contributed by atoms with van der Waals surface area (Å²) in [5.41, 5.74) is 5.98. The summed E-state index contributed by atoms with van der Waals surface area (Å²) in [5, 5.41) is 31.1. The Morgan fingerprint density at radius 2 is 2.23 bits per heavy atom. The molecular weight excluding hydrogens is 310 g/mol. The maximum absolute atomic E-state index is 11.6. The Hall–Kier alpha value is -1.67. The number of tetrazole rings is 1. The molecule has 1 aromatic heterocycles. The zero-order valence-electron chi connectivity index (χ0n) is 12.1. The van der Waals surface area contributed by atoms with E-state index in [-0.39, 0.29) is 31.4 Å². The molecule has 0 unspecified atom stereocenters. The summed E-state index contributed by atoms with van der Waals surface area (Å²) in [6.45, 7) is 0.0961. The van der Waals surface area contributed by atoms with Crippen LogP contribution < -0.4 is 11.1 Å². The smallest absolute Gasteiger partial charge is 0.427 e. The number of hydrogen-bond acceptors (Lipinski definition) is 7. The van der Waals surface area contributed by atoms with E-state index < -0.39 is 13.2 Å². The first kappa shape index (κ1) is 20.3. The van der Waals surface area contributed by atoms with Gasteiger partial charge in [0, 0.05) is 0 Å². The molecule has 9 nitrogen and oxygen atoms in total. The standard InChI is InChI=1S/C11H19BN6O3.ClH/c1-2-7-14-10(19)8-18-11(15-16-17-18)9(13)5-3-4-6-12(20)21;/h1,9,20-21H,3-8,13H2,(H,14,19);1H/t9-;/m1./s1. The molecule has 22 heavy (non-hydrogen) atoms. The van der Waals surface area contributed by atoms with Crippen LogP contribution in [0.15, 0.2) is 0 Å². The normalized spacial score (nSPS) is 11.2. The molecule has 0 fully saturated rings. The van der Waals surface area contributed by atoms with Crippen LogP contribution in [0.4, 0.5) is 0 Å². The molecule has 1 atom stereocenters. The summed E-state index contributed by atoms with van der Waals surface area (Å²) >= 11 is 0. The molecule has 1 rings (SSSR count). The van der Waals surface area contributed by atoms with E-state index in [4.69, 9.17) is 22.2 Å². The Morgan fingerprint density at radius 3 is 2.86 bits per heavy atom. The lowest BCUT2D eigenvalue weighted by molar-refractivity contribution is -0.121. The topological polar surface area (TPSA) is 139 Å². The predicted octanol–water partition coefficient (Wildman–Crippen LogP) is -1.51. The van der Waals surface area contributed by atoms with Crippen LogP contribution in [0.25, 0.3) is 0 Å². The number of carbonyl (C=O) groups excluding carboxylic acids is 1. The maximum atomic E-state index is 11.6. The zero-order valence-corrected chi connectivity index (χ0v) is 12.9. The maximum Gasteiger partial charge on any atom is 0.451 e. The lowest BCUT2D eigenvalue weighted by Crippen LogP contribution is -2.30. The van der Waals surface area contributed by atoms with Gasteiger partial charge in [-0.2, -0.15) is 0 Å². The van der Waals surface area contributed by atoms with Gasteiger partial charge < -0.3 is 21.1 Å². The molecule has 0 aromatic carbocycles. The SMILES string of the molecule is C#CCNC(=O)Cn1nnnc1[C@H](N)CCCCB(O)O.Cl. The highest BCUT2D eigenvalue weighted by molar-refractivity contribution is 6.40. The van der Waals surface area contributed by atoms with Crippen LogP contribution in [-0.4, -0.2) is 49.8 Å². The van der Waals surface area contributed by atoms with E-state index in [1.54, 1.807) is 0 Å². The van der Waals surface area contributed by atoms with Gasteiger partial charge in [0.25, 0.3) is 0 Å². The number of carbonyl (C=O) groups is 1. The van der Waals surface area contributed by atoms with Crippen molar-refractivity contribution in [1.29, 1.82) is 0 Å². The third-order valence-electron chi connectivity index (χ3n) is 2.80. The Bertz CT molecular complexity index is 492. The number of unbranched alkanes of at least 4 members (excludes halogenated alkanes) is 1. The lowest BCUT2D eigenvalue weighted by atomic mass is 9.83. The van der Waals surface area contributed by atoms with E-state index >= 15 is 0 Å². The van der Waals surface area contributed by atoms with Crippen LogP contribution in [0, 0.1) is 12.3 Å². The van der Waals surface area contributed by atoms with Crippen molar-refractivity contribution in [2.45, 2.75) is 38.2 Å². The number of hydrogen-bond donors (Lipinski definition) is 4. The molecule has 0 aliphatic heterocycles. The first-order chi connectivity index (χ1) is 10.0. The zero-order chi connectivity index (χ0) is 15.7. The average Bonchev–Trinajstić information content (AvgIpc) is 2.89. The number of nitrogens with zero attached hydrogens (tertiary/aromatic N) is 4. The molecule has 11 heteroatoms. The number of nitrogens with one attached hydrogen (secondary N) is 1. The van der Waals surface area contributed by atoms with Crippen molar-refractivity contribution in [3.05, 3.63) is 5.82 Å². The minimum absolute atomic E-state index is 0. The summed E-state index contributed by atoms with van der Waals surface area (Å²) in [4.78, 5) is 11.6. The predicted molar refractivity (Wildman–Crippen MR) is 82.7 cm³/mol. The molecule has 0 radical (unpaired) electrons. The van der Waals surface area contributed by atoms with Gasteiger partial charge in [-0.05, 0) is 23.2 Å². The van der Waals surface area contributed by atoms with E-state index in [1.807, 2.05) is 0 Å². The van der Waals surface area contributed by atoms with E-state index in [9.17, 15) is 4.79 Å². The second-order valence-corrected chi connectivity index (χ2v) is 4.55. The molecule has 1 amide bonds. The van der Waals surface area contributed by atoms with Gasteiger partial charge in [-0.3, -0.25) is 4.79 Å². The molecule has 0 saturated carbocycles. The number of terminal acetylenes is 1. The van der Waals surface area contributed by atoms with E-state index in [0.717, 1.165) is 0 Å². The summed E-state index contributed by atoms with van der Waals surface area (Å²) in [5.74, 6) is 2.42. The van der Waals surface area contributed by atoms with Gasteiger partial charge in [0.15, 0.2) is 5.82 Å². The Kier molecular flexibility index (Phi) is 10.1. The lowest BCUT2D eigenvalue weighted by Gasteiger charge is -2.11. The number of halogens is 1. The number of amides is 1. The van der Waals surface area contributed by atoms with Gasteiger partial charge in [0.2, 0.25) is 5.91 Å². The fourth-order valence-electron chi connectivity index (χ4n) is 1.75. The van der Waals surface area contributed by atoms with Crippen molar-refractivity contribution < 1.29 is 14.8 Å². The third kappa shape index (κ3) is 7.37. The van der Waals surface area contributed by atoms with Crippen LogP contribution in [0.5, 0.6) is 0 Å². The Morgan fingerprint density at radius 1 is 1.50 bits per heavy atom. The third-order valence-corrected chi connectivity index (χ3v) is 2.80. The fraction of sp³-hybridized carbons (Fsp3) is 0.636. The highest BCUT2D eigenvalue weighted by atomic mass is 35.5.